The molecule has 2 aromatic carbocycles. The van der Waals surface area contributed by atoms with Crippen molar-refractivity contribution in [2.45, 2.75) is 31.3 Å². The van der Waals surface area contributed by atoms with E-state index in [4.69, 9.17) is 11.6 Å². The van der Waals surface area contributed by atoms with Crippen molar-refractivity contribution in [3.63, 3.8) is 0 Å². The van der Waals surface area contributed by atoms with E-state index >= 15 is 0 Å². The Labute approximate surface area is 163 Å². The van der Waals surface area contributed by atoms with Gasteiger partial charge in [0.2, 0.25) is 11.8 Å². The normalized spacial score (nSPS) is 11.7. The quantitative estimate of drug-likeness (QED) is 0.729. The Balaban J connectivity index is 2.10. The number of rotatable bonds is 7. The van der Waals surface area contributed by atoms with Gasteiger partial charge in [-0.1, -0.05) is 41.4 Å². The average molecular weight is 391 g/mol. The second-order valence-electron chi connectivity index (χ2n) is 6.04. The molecular formula is C20H23ClN2O2S. The molecule has 0 aromatic heterocycles. The summed E-state index contributed by atoms with van der Waals surface area (Å²) in [6.45, 7) is 4.13. The van der Waals surface area contributed by atoms with Crippen LogP contribution >= 0.6 is 23.4 Å². The minimum atomic E-state index is -0.554. The number of nitrogens with zero attached hydrogens (tertiary/aromatic N) is 1. The number of aryl methyl sites for hydroxylation is 1. The van der Waals surface area contributed by atoms with Crippen LogP contribution in [0.4, 0.5) is 0 Å². The summed E-state index contributed by atoms with van der Waals surface area (Å²) >= 11 is 7.40. The number of carbonyl (C=O) groups excluding carboxylic acids is 2. The monoisotopic (exact) mass is 390 g/mol. The number of hydrogen-bond acceptors (Lipinski definition) is 3. The molecule has 0 heterocycles. The third-order valence-corrected chi connectivity index (χ3v) is 5.31. The van der Waals surface area contributed by atoms with E-state index < -0.39 is 6.04 Å². The van der Waals surface area contributed by atoms with Crippen LogP contribution in [0.25, 0.3) is 0 Å². The molecule has 0 radical (unpaired) electrons. The van der Waals surface area contributed by atoms with E-state index in [1.807, 2.05) is 43.3 Å². The van der Waals surface area contributed by atoms with Gasteiger partial charge in [-0.2, -0.15) is 0 Å². The molecule has 6 heteroatoms. The predicted octanol–water partition coefficient (Wildman–Crippen LogP) is 3.90. The molecule has 26 heavy (non-hydrogen) atoms. The van der Waals surface area contributed by atoms with Crippen molar-refractivity contribution < 1.29 is 9.59 Å². The summed E-state index contributed by atoms with van der Waals surface area (Å²) in [5.74, 6) is 0.00659. The predicted molar refractivity (Wildman–Crippen MR) is 107 cm³/mol. The maximum Gasteiger partial charge on any atom is 0.242 e. The Morgan fingerprint density at radius 2 is 1.73 bits per heavy atom. The Hall–Kier alpha value is -1.98. The van der Waals surface area contributed by atoms with Gasteiger partial charge in [-0.25, -0.2) is 0 Å². The Morgan fingerprint density at radius 1 is 1.12 bits per heavy atom. The maximum atomic E-state index is 12.8. The van der Waals surface area contributed by atoms with Crippen LogP contribution in [0.2, 0.25) is 5.02 Å². The van der Waals surface area contributed by atoms with Crippen LogP contribution in [0.5, 0.6) is 0 Å². The molecule has 0 aliphatic heterocycles. The van der Waals surface area contributed by atoms with Crippen molar-refractivity contribution in [1.82, 2.24) is 10.2 Å². The lowest BCUT2D eigenvalue weighted by Crippen LogP contribution is -2.47. The van der Waals surface area contributed by atoms with Gasteiger partial charge >= 0.3 is 0 Å². The first-order valence-electron chi connectivity index (χ1n) is 8.35. The first-order chi connectivity index (χ1) is 12.4. The van der Waals surface area contributed by atoms with E-state index in [0.717, 1.165) is 10.5 Å². The molecule has 4 nitrogen and oxygen atoms in total. The molecule has 0 saturated heterocycles. The fourth-order valence-electron chi connectivity index (χ4n) is 2.44. The van der Waals surface area contributed by atoms with Gasteiger partial charge in [0, 0.05) is 23.5 Å². The molecule has 2 amide bonds. The van der Waals surface area contributed by atoms with Gasteiger partial charge in [0.1, 0.15) is 6.04 Å². The molecule has 2 aromatic rings. The standard InChI is InChI=1S/C20H23ClN2O2S/c1-14-4-10-18(11-5-14)26-13-19(24)23(15(2)20(25)22-3)12-16-6-8-17(21)9-7-16/h4-11,15H,12-13H2,1-3H3,(H,22,25)/t15-/m0/s1. The number of amides is 2. The van der Waals surface area contributed by atoms with Crippen LogP contribution in [0, 0.1) is 6.92 Å². The number of benzene rings is 2. The van der Waals surface area contributed by atoms with Crippen molar-refractivity contribution in [3.8, 4) is 0 Å². The second kappa shape index (κ2) is 9.64. The van der Waals surface area contributed by atoms with Crippen molar-refractivity contribution in [3.05, 3.63) is 64.7 Å². The smallest absolute Gasteiger partial charge is 0.242 e. The number of hydrogen-bond donors (Lipinski definition) is 1. The summed E-state index contributed by atoms with van der Waals surface area (Å²) in [6, 6.07) is 14.8. The van der Waals surface area contributed by atoms with Crippen LogP contribution in [0.15, 0.2) is 53.4 Å². The zero-order chi connectivity index (χ0) is 19.1. The second-order valence-corrected chi connectivity index (χ2v) is 7.53. The van der Waals surface area contributed by atoms with E-state index in [0.29, 0.717) is 11.6 Å². The molecule has 138 valence electrons. The van der Waals surface area contributed by atoms with E-state index in [1.54, 1.807) is 31.0 Å². The van der Waals surface area contributed by atoms with Crippen LogP contribution in [-0.2, 0) is 16.1 Å². The van der Waals surface area contributed by atoms with Crippen molar-refractivity contribution in [1.29, 1.82) is 0 Å². The van der Waals surface area contributed by atoms with E-state index in [9.17, 15) is 9.59 Å². The number of nitrogens with one attached hydrogen (secondary N) is 1. The summed E-state index contributed by atoms with van der Waals surface area (Å²) in [6.07, 6.45) is 0. The van der Waals surface area contributed by atoms with Gasteiger partial charge < -0.3 is 10.2 Å². The molecule has 0 bridgehead atoms. The van der Waals surface area contributed by atoms with Gasteiger partial charge in [0.15, 0.2) is 0 Å². The van der Waals surface area contributed by atoms with Crippen LogP contribution in [0.1, 0.15) is 18.1 Å². The minimum absolute atomic E-state index is 0.0818. The van der Waals surface area contributed by atoms with E-state index in [1.165, 1.54) is 17.3 Å². The van der Waals surface area contributed by atoms with Crippen LogP contribution in [-0.4, -0.2) is 35.6 Å². The molecule has 0 spiro atoms. The third kappa shape index (κ3) is 5.78. The third-order valence-electron chi connectivity index (χ3n) is 4.06. The highest BCUT2D eigenvalue weighted by molar-refractivity contribution is 8.00. The summed E-state index contributed by atoms with van der Waals surface area (Å²) in [7, 11) is 1.57. The van der Waals surface area contributed by atoms with Crippen molar-refractivity contribution in [2.75, 3.05) is 12.8 Å². The summed E-state index contributed by atoms with van der Waals surface area (Å²) in [5, 5.41) is 3.25. The van der Waals surface area contributed by atoms with Crippen LogP contribution in [0.3, 0.4) is 0 Å². The summed E-state index contributed by atoms with van der Waals surface area (Å²) < 4.78 is 0. The van der Waals surface area contributed by atoms with Crippen LogP contribution < -0.4 is 5.32 Å². The number of likely N-dealkylation sites (N-methyl/N-ethyl adjacent to an activating group) is 1. The Kier molecular flexibility index (Phi) is 7.54. The minimum Gasteiger partial charge on any atom is -0.357 e. The molecule has 1 N–H and O–H groups in total. The zero-order valence-electron chi connectivity index (χ0n) is 15.2. The van der Waals surface area contributed by atoms with Gasteiger partial charge in [0.05, 0.1) is 5.75 Å². The highest BCUT2D eigenvalue weighted by Gasteiger charge is 2.25. The summed E-state index contributed by atoms with van der Waals surface area (Å²) in [4.78, 5) is 27.5. The highest BCUT2D eigenvalue weighted by Crippen LogP contribution is 2.20. The topological polar surface area (TPSA) is 49.4 Å². The highest BCUT2D eigenvalue weighted by atomic mass is 35.5. The molecule has 0 unspecified atom stereocenters. The number of carbonyl (C=O) groups is 2. The average Bonchev–Trinajstić information content (AvgIpc) is 2.65. The largest absolute Gasteiger partial charge is 0.357 e. The Morgan fingerprint density at radius 3 is 2.31 bits per heavy atom. The van der Waals surface area contributed by atoms with Gasteiger partial charge in [-0.05, 0) is 43.7 Å². The fourth-order valence-corrected chi connectivity index (χ4v) is 3.35. The first-order valence-corrected chi connectivity index (χ1v) is 9.72. The number of halogens is 1. The van der Waals surface area contributed by atoms with Gasteiger partial charge in [-0.15, -0.1) is 11.8 Å². The number of thioether (sulfide) groups is 1. The first kappa shape index (κ1) is 20.3. The SMILES string of the molecule is CNC(=O)[C@H](C)N(Cc1ccc(Cl)cc1)C(=O)CSc1ccc(C)cc1. The molecule has 0 aliphatic carbocycles. The van der Waals surface area contributed by atoms with E-state index in [2.05, 4.69) is 5.32 Å². The molecule has 0 saturated carbocycles. The molecular weight excluding hydrogens is 368 g/mol. The summed E-state index contributed by atoms with van der Waals surface area (Å²) in [5.41, 5.74) is 2.11. The van der Waals surface area contributed by atoms with Crippen molar-refractivity contribution >= 4 is 35.2 Å². The molecule has 1 atom stereocenters. The lowest BCUT2D eigenvalue weighted by Gasteiger charge is -2.28. The fraction of sp³-hybridized carbons (Fsp3) is 0.300. The molecule has 0 aliphatic rings. The Bertz CT molecular complexity index is 747. The zero-order valence-corrected chi connectivity index (χ0v) is 16.7. The van der Waals surface area contributed by atoms with Gasteiger partial charge in [-0.3, -0.25) is 9.59 Å². The lowest BCUT2D eigenvalue weighted by molar-refractivity contribution is -0.138. The lowest BCUT2D eigenvalue weighted by atomic mass is 10.1. The van der Waals surface area contributed by atoms with Crippen molar-refractivity contribution in [2.24, 2.45) is 0 Å². The maximum absolute atomic E-state index is 12.8. The van der Waals surface area contributed by atoms with E-state index in [-0.39, 0.29) is 17.6 Å². The molecule has 2 rings (SSSR count). The molecule has 0 fully saturated rings. The van der Waals surface area contributed by atoms with Gasteiger partial charge in [0.25, 0.3) is 0 Å².